The summed E-state index contributed by atoms with van der Waals surface area (Å²) in [5.74, 6) is -0.0234. The quantitative estimate of drug-likeness (QED) is 0.507. The van der Waals surface area contributed by atoms with Crippen molar-refractivity contribution in [2.24, 2.45) is 0 Å². The Bertz CT molecular complexity index is 988. The first-order chi connectivity index (χ1) is 11.5. The van der Waals surface area contributed by atoms with Crippen LogP contribution in [0, 0.1) is 6.92 Å². The Balaban J connectivity index is 1.69. The van der Waals surface area contributed by atoms with Crippen LogP contribution in [-0.4, -0.2) is 15.4 Å². The molecule has 0 aromatic carbocycles. The van der Waals surface area contributed by atoms with Gasteiger partial charge in [0.05, 0.1) is 5.69 Å². The summed E-state index contributed by atoms with van der Waals surface area (Å²) in [5, 5.41) is 0. The summed E-state index contributed by atoms with van der Waals surface area (Å²) >= 11 is 3.17. The predicted octanol–water partition coefficient (Wildman–Crippen LogP) is 3.12. The standard InChI is InChI=1S/C17H13BrN2O4/c1-11-2-6-15-19-12(8-16(21)20(15)9-11)10-23-17(22)7-4-13-3-5-14(18)24-13/h2-9H,10H2,1H3/b7-4+. The Kier molecular flexibility index (Phi) is 4.61. The minimum absolute atomic E-state index is 0.0787. The van der Waals surface area contributed by atoms with Crippen molar-refractivity contribution in [3.05, 3.63) is 74.6 Å². The zero-order valence-corrected chi connectivity index (χ0v) is 14.3. The summed E-state index contributed by atoms with van der Waals surface area (Å²) in [4.78, 5) is 28.1. The molecule has 0 amide bonds. The third-order valence-corrected chi connectivity index (χ3v) is 3.63. The van der Waals surface area contributed by atoms with E-state index >= 15 is 0 Å². The van der Waals surface area contributed by atoms with E-state index in [9.17, 15) is 9.59 Å². The van der Waals surface area contributed by atoms with Gasteiger partial charge in [0.2, 0.25) is 0 Å². The number of hydrogen-bond donors (Lipinski definition) is 0. The molecule has 3 heterocycles. The predicted molar refractivity (Wildman–Crippen MR) is 91.4 cm³/mol. The van der Waals surface area contributed by atoms with Crippen LogP contribution in [0.2, 0.25) is 0 Å². The Morgan fingerprint density at radius 1 is 1.38 bits per heavy atom. The van der Waals surface area contributed by atoms with Crippen LogP contribution in [0.5, 0.6) is 0 Å². The highest BCUT2D eigenvalue weighted by Crippen LogP contribution is 2.15. The second-order valence-electron chi connectivity index (χ2n) is 5.10. The largest absolute Gasteiger partial charge is 0.456 e. The van der Waals surface area contributed by atoms with E-state index in [4.69, 9.17) is 9.15 Å². The highest BCUT2D eigenvalue weighted by atomic mass is 79.9. The number of fused-ring (bicyclic) bond motifs is 1. The number of ether oxygens (including phenoxy) is 1. The summed E-state index contributed by atoms with van der Waals surface area (Å²) < 4.78 is 12.4. The molecule has 0 N–H and O–H groups in total. The van der Waals surface area contributed by atoms with Gasteiger partial charge in [0.15, 0.2) is 4.67 Å². The van der Waals surface area contributed by atoms with Gasteiger partial charge >= 0.3 is 5.97 Å². The molecule has 3 aromatic heterocycles. The van der Waals surface area contributed by atoms with Crippen molar-refractivity contribution in [3.63, 3.8) is 0 Å². The van der Waals surface area contributed by atoms with E-state index in [0.29, 0.717) is 21.8 Å². The number of hydrogen-bond acceptors (Lipinski definition) is 5. The summed E-state index contributed by atoms with van der Waals surface area (Å²) in [6.07, 6.45) is 4.46. The van der Waals surface area contributed by atoms with Crippen molar-refractivity contribution in [2.75, 3.05) is 0 Å². The number of halogens is 1. The normalized spacial score (nSPS) is 11.2. The lowest BCUT2D eigenvalue weighted by Gasteiger charge is -2.05. The highest BCUT2D eigenvalue weighted by Gasteiger charge is 2.05. The number of carbonyl (C=O) groups excluding carboxylic acids is 1. The van der Waals surface area contributed by atoms with Gasteiger partial charge in [0, 0.05) is 18.3 Å². The van der Waals surface area contributed by atoms with Crippen LogP contribution in [0.1, 0.15) is 17.0 Å². The summed E-state index contributed by atoms with van der Waals surface area (Å²) in [6, 6.07) is 8.40. The van der Waals surface area contributed by atoms with Crippen LogP contribution in [0.15, 0.2) is 56.5 Å². The first-order valence-electron chi connectivity index (χ1n) is 7.10. The smallest absolute Gasteiger partial charge is 0.331 e. The van der Waals surface area contributed by atoms with Gasteiger partial charge in [-0.3, -0.25) is 9.20 Å². The van der Waals surface area contributed by atoms with E-state index in [1.165, 1.54) is 22.6 Å². The lowest BCUT2D eigenvalue weighted by molar-refractivity contribution is -0.139. The number of rotatable bonds is 4. The molecule has 0 saturated carbocycles. The molecule has 0 atom stereocenters. The number of esters is 1. The van der Waals surface area contributed by atoms with Gasteiger partial charge in [0.25, 0.3) is 5.56 Å². The number of carbonyl (C=O) groups is 1. The number of pyridine rings is 1. The molecule has 6 nitrogen and oxygen atoms in total. The summed E-state index contributed by atoms with van der Waals surface area (Å²) in [5.41, 5.74) is 1.65. The highest BCUT2D eigenvalue weighted by molar-refractivity contribution is 9.10. The lowest BCUT2D eigenvalue weighted by atomic mass is 10.3. The van der Waals surface area contributed by atoms with Crippen molar-refractivity contribution in [1.82, 2.24) is 9.38 Å². The summed E-state index contributed by atoms with van der Waals surface area (Å²) in [7, 11) is 0. The fourth-order valence-corrected chi connectivity index (χ4v) is 2.41. The van der Waals surface area contributed by atoms with Crippen molar-refractivity contribution in [2.45, 2.75) is 13.5 Å². The molecule has 0 aliphatic carbocycles. The fourth-order valence-electron chi connectivity index (χ4n) is 2.09. The second kappa shape index (κ2) is 6.84. The average molecular weight is 389 g/mol. The third-order valence-electron chi connectivity index (χ3n) is 3.20. The maximum Gasteiger partial charge on any atom is 0.331 e. The van der Waals surface area contributed by atoms with Crippen molar-refractivity contribution >= 4 is 33.6 Å². The van der Waals surface area contributed by atoms with Crippen LogP contribution in [0.4, 0.5) is 0 Å². The van der Waals surface area contributed by atoms with Gasteiger partial charge in [0.1, 0.15) is 18.0 Å². The van der Waals surface area contributed by atoms with Crippen molar-refractivity contribution in [1.29, 1.82) is 0 Å². The Morgan fingerprint density at radius 3 is 2.96 bits per heavy atom. The molecule has 0 bridgehead atoms. The van der Waals surface area contributed by atoms with Crippen LogP contribution in [0.25, 0.3) is 11.7 Å². The molecule has 0 radical (unpaired) electrons. The molecular formula is C17H13BrN2O4. The molecular weight excluding hydrogens is 376 g/mol. The van der Waals surface area contributed by atoms with E-state index in [1.54, 1.807) is 24.4 Å². The zero-order chi connectivity index (χ0) is 17.1. The van der Waals surface area contributed by atoms with Gasteiger partial charge in [-0.25, -0.2) is 9.78 Å². The second-order valence-corrected chi connectivity index (χ2v) is 5.88. The number of aromatic nitrogens is 2. The van der Waals surface area contributed by atoms with Crippen molar-refractivity contribution < 1.29 is 13.9 Å². The van der Waals surface area contributed by atoms with E-state index in [-0.39, 0.29) is 12.2 Å². The minimum atomic E-state index is -0.548. The van der Waals surface area contributed by atoms with E-state index in [0.717, 1.165) is 5.56 Å². The zero-order valence-electron chi connectivity index (χ0n) is 12.7. The molecule has 3 rings (SSSR count). The Labute approximate surface area is 145 Å². The molecule has 0 unspecified atom stereocenters. The average Bonchev–Trinajstić information content (AvgIpc) is 2.97. The van der Waals surface area contributed by atoms with Crippen LogP contribution in [-0.2, 0) is 16.1 Å². The van der Waals surface area contributed by atoms with Gasteiger partial charge in [-0.15, -0.1) is 0 Å². The SMILES string of the molecule is Cc1ccc2nc(COC(=O)/C=C/c3ccc(Br)o3)cc(=O)n2c1. The molecule has 0 saturated heterocycles. The Morgan fingerprint density at radius 2 is 2.21 bits per heavy atom. The van der Waals surface area contributed by atoms with E-state index in [2.05, 4.69) is 20.9 Å². The molecule has 3 aromatic rings. The molecule has 7 heteroatoms. The molecule has 0 aliphatic rings. The topological polar surface area (TPSA) is 73.8 Å². The maximum atomic E-state index is 12.1. The van der Waals surface area contributed by atoms with Crippen LogP contribution < -0.4 is 5.56 Å². The Hall–Kier alpha value is -2.67. The first kappa shape index (κ1) is 16.2. The lowest BCUT2D eigenvalue weighted by Crippen LogP contribution is -2.16. The molecule has 0 fully saturated rings. The molecule has 0 spiro atoms. The van der Waals surface area contributed by atoms with E-state index in [1.807, 2.05) is 13.0 Å². The van der Waals surface area contributed by atoms with E-state index < -0.39 is 5.97 Å². The van der Waals surface area contributed by atoms with Crippen LogP contribution in [0.3, 0.4) is 0 Å². The third kappa shape index (κ3) is 3.80. The van der Waals surface area contributed by atoms with Gasteiger partial charge in [-0.1, -0.05) is 6.07 Å². The molecule has 24 heavy (non-hydrogen) atoms. The minimum Gasteiger partial charge on any atom is -0.456 e. The van der Waals surface area contributed by atoms with Gasteiger partial charge in [-0.2, -0.15) is 0 Å². The monoisotopic (exact) mass is 388 g/mol. The summed E-state index contributed by atoms with van der Waals surface area (Å²) in [6.45, 7) is 1.82. The van der Waals surface area contributed by atoms with Crippen LogP contribution >= 0.6 is 15.9 Å². The number of furan rings is 1. The van der Waals surface area contributed by atoms with Crippen molar-refractivity contribution in [3.8, 4) is 0 Å². The molecule has 0 aliphatic heterocycles. The van der Waals surface area contributed by atoms with Gasteiger partial charge in [-0.05, 0) is 52.7 Å². The number of aryl methyl sites for hydroxylation is 1. The number of nitrogens with zero attached hydrogens (tertiary/aromatic N) is 2. The van der Waals surface area contributed by atoms with Gasteiger partial charge < -0.3 is 9.15 Å². The fraction of sp³-hybridized carbons (Fsp3) is 0.118. The first-order valence-corrected chi connectivity index (χ1v) is 7.90. The molecule has 122 valence electrons. The maximum absolute atomic E-state index is 12.1.